The lowest BCUT2D eigenvalue weighted by molar-refractivity contribution is -0.143. The molecular formula is C13H24N2O4. The Morgan fingerprint density at radius 2 is 2.00 bits per heavy atom. The lowest BCUT2D eigenvalue weighted by Crippen LogP contribution is -2.33. The molecule has 1 amide bonds. The molecule has 0 bridgehead atoms. The second-order valence-corrected chi connectivity index (χ2v) is 4.48. The Bertz CT molecular complexity index is 278. The molecule has 0 spiro atoms. The van der Waals surface area contributed by atoms with E-state index < -0.39 is 0 Å². The van der Waals surface area contributed by atoms with E-state index in [4.69, 9.17) is 9.47 Å². The van der Waals surface area contributed by atoms with Crippen molar-refractivity contribution < 1.29 is 19.1 Å². The van der Waals surface area contributed by atoms with E-state index in [1.807, 2.05) is 0 Å². The average molecular weight is 272 g/mol. The molecule has 1 heterocycles. The number of piperidine rings is 1. The van der Waals surface area contributed by atoms with Crippen LogP contribution >= 0.6 is 0 Å². The lowest BCUT2D eigenvalue weighted by atomic mass is 10.1. The standard InChI is InChI=1S/C13H24N2O4/c1-2-18-13(17)5-9-15-12(16)6-10-19-11-3-7-14-8-4-11/h11,14H,2-10H2,1H3,(H,15,16). The van der Waals surface area contributed by atoms with E-state index in [1.54, 1.807) is 6.92 Å². The first-order valence-corrected chi connectivity index (χ1v) is 6.97. The number of ether oxygens (including phenoxy) is 2. The Morgan fingerprint density at radius 1 is 1.26 bits per heavy atom. The summed E-state index contributed by atoms with van der Waals surface area (Å²) >= 11 is 0. The Balaban J connectivity index is 1.96. The van der Waals surface area contributed by atoms with Crippen LogP contribution in [-0.2, 0) is 19.1 Å². The Labute approximate surface area is 114 Å². The first-order valence-electron chi connectivity index (χ1n) is 6.97. The van der Waals surface area contributed by atoms with Crippen molar-refractivity contribution in [2.45, 2.75) is 38.7 Å². The highest BCUT2D eigenvalue weighted by Gasteiger charge is 2.13. The molecule has 1 fully saturated rings. The van der Waals surface area contributed by atoms with Crippen LogP contribution in [0, 0.1) is 0 Å². The molecule has 1 saturated heterocycles. The van der Waals surface area contributed by atoms with Crippen LogP contribution in [0.3, 0.4) is 0 Å². The van der Waals surface area contributed by atoms with Crippen molar-refractivity contribution in [1.29, 1.82) is 0 Å². The summed E-state index contributed by atoms with van der Waals surface area (Å²) in [6, 6.07) is 0. The molecule has 110 valence electrons. The van der Waals surface area contributed by atoms with Gasteiger partial charge in [-0.1, -0.05) is 0 Å². The fraction of sp³-hybridized carbons (Fsp3) is 0.846. The number of hydrogen-bond acceptors (Lipinski definition) is 5. The van der Waals surface area contributed by atoms with Gasteiger partial charge >= 0.3 is 5.97 Å². The van der Waals surface area contributed by atoms with E-state index in [0.29, 0.717) is 26.2 Å². The van der Waals surface area contributed by atoms with Crippen molar-refractivity contribution in [2.75, 3.05) is 32.8 Å². The molecule has 0 aromatic carbocycles. The van der Waals surface area contributed by atoms with Gasteiger partial charge in [0.05, 0.1) is 25.7 Å². The van der Waals surface area contributed by atoms with Gasteiger partial charge in [-0.3, -0.25) is 9.59 Å². The first-order chi connectivity index (χ1) is 9.22. The second kappa shape index (κ2) is 9.75. The van der Waals surface area contributed by atoms with Crippen LogP contribution in [0.2, 0.25) is 0 Å². The van der Waals surface area contributed by atoms with Crippen LogP contribution in [0.25, 0.3) is 0 Å². The lowest BCUT2D eigenvalue weighted by Gasteiger charge is -2.22. The van der Waals surface area contributed by atoms with Crippen molar-refractivity contribution in [3.63, 3.8) is 0 Å². The first kappa shape index (κ1) is 15.9. The normalized spacial score (nSPS) is 16.1. The summed E-state index contributed by atoms with van der Waals surface area (Å²) in [5, 5.41) is 5.94. The highest BCUT2D eigenvalue weighted by atomic mass is 16.5. The minimum Gasteiger partial charge on any atom is -0.466 e. The van der Waals surface area contributed by atoms with Crippen LogP contribution in [0.5, 0.6) is 0 Å². The molecule has 0 unspecified atom stereocenters. The average Bonchev–Trinajstić information content (AvgIpc) is 2.40. The van der Waals surface area contributed by atoms with Crippen LogP contribution < -0.4 is 10.6 Å². The maximum absolute atomic E-state index is 11.5. The zero-order chi connectivity index (χ0) is 13.9. The van der Waals surface area contributed by atoms with Gasteiger partial charge in [0.25, 0.3) is 0 Å². The molecule has 0 saturated carbocycles. The van der Waals surface area contributed by atoms with Gasteiger partial charge in [0.1, 0.15) is 0 Å². The molecule has 0 aromatic rings. The molecule has 0 atom stereocenters. The van der Waals surface area contributed by atoms with Crippen molar-refractivity contribution in [3.05, 3.63) is 0 Å². The van der Waals surface area contributed by atoms with Gasteiger partial charge in [-0.05, 0) is 32.9 Å². The minimum absolute atomic E-state index is 0.0850. The summed E-state index contributed by atoms with van der Waals surface area (Å²) in [5.74, 6) is -0.369. The van der Waals surface area contributed by atoms with Crippen molar-refractivity contribution in [2.24, 2.45) is 0 Å². The summed E-state index contributed by atoms with van der Waals surface area (Å²) in [5.41, 5.74) is 0. The maximum atomic E-state index is 11.5. The Morgan fingerprint density at radius 3 is 2.68 bits per heavy atom. The zero-order valence-electron chi connectivity index (χ0n) is 11.6. The summed E-state index contributed by atoms with van der Waals surface area (Å²) < 4.78 is 10.4. The van der Waals surface area contributed by atoms with Gasteiger partial charge in [-0.2, -0.15) is 0 Å². The monoisotopic (exact) mass is 272 g/mol. The quantitative estimate of drug-likeness (QED) is 0.618. The number of carbonyl (C=O) groups is 2. The van der Waals surface area contributed by atoms with Gasteiger partial charge in [-0.25, -0.2) is 0 Å². The molecule has 0 aliphatic carbocycles. The highest BCUT2D eigenvalue weighted by Crippen LogP contribution is 2.07. The van der Waals surface area contributed by atoms with E-state index >= 15 is 0 Å². The third-order valence-electron chi connectivity index (χ3n) is 2.93. The SMILES string of the molecule is CCOC(=O)CCNC(=O)CCOC1CCNCC1. The van der Waals surface area contributed by atoms with Gasteiger partial charge in [0, 0.05) is 13.0 Å². The van der Waals surface area contributed by atoms with E-state index in [0.717, 1.165) is 25.9 Å². The molecule has 19 heavy (non-hydrogen) atoms. The molecule has 6 heteroatoms. The third-order valence-corrected chi connectivity index (χ3v) is 2.93. The topological polar surface area (TPSA) is 76.7 Å². The van der Waals surface area contributed by atoms with Gasteiger partial charge in [0.15, 0.2) is 0 Å². The highest BCUT2D eigenvalue weighted by molar-refractivity contribution is 5.77. The van der Waals surface area contributed by atoms with Crippen molar-refractivity contribution in [3.8, 4) is 0 Å². The Kier molecular flexibility index (Phi) is 8.16. The molecule has 6 nitrogen and oxygen atoms in total. The fourth-order valence-electron chi connectivity index (χ4n) is 1.91. The largest absolute Gasteiger partial charge is 0.466 e. The summed E-state index contributed by atoms with van der Waals surface area (Å²) in [7, 11) is 0. The molecule has 0 radical (unpaired) electrons. The van der Waals surface area contributed by atoms with Gasteiger partial charge in [0.2, 0.25) is 5.91 Å². The number of nitrogens with one attached hydrogen (secondary N) is 2. The van der Waals surface area contributed by atoms with Crippen LogP contribution in [0.15, 0.2) is 0 Å². The zero-order valence-corrected chi connectivity index (χ0v) is 11.6. The third kappa shape index (κ3) is 7.79. The van der Waals surface area contributed by atoms with Gasteiger partial charge < -0.3 is 20.1 Å². The second-order valence-electron chi connectivity index (χ2n) is 4.48. The van der Waals surface area contributed by atoms with E-state index in [2.05, 4.69) is 10.6 Å². The smallest absolute Gasteiger partial charge is 0.307 e. The van der Waals surface area contributed by atoms with Crippen LogP contribution in [0.1, 0.15) is 32.6 Å². The van der Waals surface area contributed by atoms with E-state index in [1.165, 1.54) is 0 Å². The summed E-state index contributed by atoms with van der Waals surface area (Å²) in [6.07, 6.45) is 2.84. The predicted octanol–water partition coefficient (Wildman–Crippen LogP) is 0.215. The Hall–Kier alpha value is -1.14. The molecule has 1 aliphatic rings. The molecular weight excluding hydrogens is 248 g/mol. The van der Waals surface area contributed by atoms with Gasteiger partial charge in [-0.15, -0.1) is 0 Å². The maximum Gasteiger partial charge on any atom is 0.307 e. The number of esters is 1. The molecule has 1 rings (SSSR count). The van der Waals surface area contributed by atoms with E-state index in [-0.39, 0.29) is 24.4 Å². The van der Waals surface area contributed by atoms with Crippen LogP contribution in [-0.4, -0.2) is 50.8 Å². The number of carbonyl (C=O) groups excluding carboxylic acids is 2. The number of rotatable bonds is 8. The van der Waals surface area contributed by atoms with Crippen LogP contribution in [0.4, 0.5) is 0 Å². The van der Waals surface area contributed by atoms with Crippen molar-refractivity contribution >= 4 is 11.9 Å². The fourth-order valence-corrected chi connectivity index (χ4v) is 1.91. The number of amides is 1. The van der Waals surface area contributed by atoms with Crippen molar-refractivity contribution in [1.82, 2.24) is 10.6 Å². The summed E-state index contributed by atoms with van der Waals surface area (Å²) in [6.45, 7) is 4.86. The minimum atomic E-state index is -0.284. The predicted molar refractivity (Wildman–Crippen MR) is 70.7 cm³/mol. The number of hydrogen-bond donors (Lipinski definition) is 2. The molecule has 1 aliphatic heterocycles. The summed E-state index contributed by atoms with van der Waals surface area (Å²) in [4.78, 5) is 22.5. The molecule has 2 N–H and O–H groups in total. The molecule has 0 aromatic heterocycles. The van der Waals surface area contributed by atoms with E-state index in [9.17, 15) is 9.59 Å².